The minimum atomic E-state index is -0.119. The van der Waals surface area contributed by atoms with Gasteiger partial charge in [-0.15, -0.1) is 0 Å². The van der Waals surface area contributed by atoms with E-state index in [-0.39, 0.29) is 24.4 Å². The van der Waals surface area contributed by atoms with Crippen LogP contribution in [0.4, 0.5) is 4.79 Å². The van der Waals surface area contributed by atoms with Gasteiger partial charge in [0.05, 0.1) is 6.54 Å². The van der Waals surface area contributed by atoms with E-state index in [9.17, 15) is 9.59 Å². The van der Waals surface area contributed by atoms with E-state index in [2.05, 4.69) is 20.8 Å². The fourth-order valence-corrected chi connectivity index (χ4v) is 2.98. The van der Waals surface area contributed by atoms with Crippen molar-refractivity contribution in [2.24, 2.45) is 11.8 Å². The van der Waals surface area contributed by atoms with Gasteiger partial charge in [-0.05, 0) is 31.6 Å². The number of nitrogens with zero attached hydrogens (tertiary/aromatic N) is 3. The van der Waals surface area contributed by atoms with Crippen LogP contribution in [0.25, 0.3) is 0 Å². The summed E-state index contributed by atoms with van der Waals surface area (Å²) in [5.74, 6) is 1.99. The van der Waals surface area contributed by atoms with Crippen molar-refractivity contribution in [3.8, 4) is 0 Å². The fraction of sp³-hybridized carbons (Fsp3) is 0.765. The Morgan fingerprint density at radius 1 is 1.28 bits per heavy atom. The molecule has 0 unspecified atom stereocenters. The number of urea groups is 1. The third-order valence-electron chi connectivity index (χ3n) is 4.71. The maximum Gasteiger partial charge on any atom is 0.317 e. The maximum absolute atomic E-state index is 12.4. The Kier molecular flexibility index (Phi) is 5.55. The third-order valence-corrected chi connectivity index (χ3v) is 4.71. The Labute approximate surface area is 147 Å². The molecule has 25 heavy (non-hydrogen) atoms. The van der Waals surface area contributed by atoms with Crippen LogP contribution in [0.5, 0.6) is 0 Å². The molecule has 8 nitrogen and oxygen atoms in total. The van der Waals surface area contributed by atoms with Crippen molar-refractivity contribution in [1.82, 2.24) is 25.7 Å². The smallest absolute Gasteiger partial charge is 0.317 e. The van der Waals surface area contributed by atoms with Gasteiger partial charge in [-0.3, -0.25) is 4.79 Å². The predicted octanol–water partition coefficient (Wildman–Crippen LogP) is 1.64. The molecule has 0 spiro atoms. The van der Waals surface area contributed by atoms with Crippen LogP contribution in [0, 0.1) is 11.8 Å². The first-order valence-corrected chi connectivity index (χ1v) is 9.16. The number of nitrogens with one attached hydrogen (secondary N) is 2. The molecule has 3 rings (SSSR count). The van der Waals surface area contributed by atoms with Crippen LogP contribution < -0.4 is 10.6 Å². The molecule has 0 aromatic carbocycles. The van der Waals surface area contributed by atoms with Crippen LogP contribution >= 0.6 is 0 Å². The molecular formula is C17H27N5O3. The first-order valence-electron chi connectivity index (χ1n) is 9.16. The predicted molar refractivity (Wildman–Crippen MR) is 90.7 cm³/mol. The molecule has 2 N–H and O–H groups in total. The molecule has 1 atom stereocenters. The van der Waals surface area contributed by atoms with Gasteiger partial charge >= 0.3 is 6.03 Å². The zero-order chi connectivity index (χ0) is 17.8. The van der Waals surface area contributed by atoms with Gasteiger partial charge in [0.15, 0.2) is 5.82 Å². The molecule has 1 saturated carbocycles. The zero-order valence-corrected chi connectivity index (χ0v) is 15.0. The molecule has 1 saturated heterocycles. The van der Waals surface area contributed by atoms with Crippen LogP contribution in [0.2, 0.25) is 0 Å². The van der Waals surface area contributed by atoms with E-state index in [1.807, 2.05) is 13.8 Å². The van der Waals surface area contributed by atoms with Crippen LogP contribution in [-0.2, 0) is 11.3 Å². The standard InChI is InChI=1S/C17H27N5O3/c1-11(2)16(23)18-8-12-4-3-7-22(10-12)17(24)19-9-14-20-15(21-25-14)13-5-6-13/h11-13H,3-10H2,1-2H3,(H,18,23)(H,19,24)/t12-/m1/s1. The number of carbonyl (C=O) groups is 2. The highest BCUT2D eigenvalue weighted by atomic mass is 16.5. The molecule has 0 bridgehead atoms. The van der Waals surface area contributed by atoms with Crippen molar-refractivity contribution >= 4 is 11.9 Å². The SMILES string of the molecule is CC(C)C(=O)NC[C@H]1CCCN(C(=O)NCc2nc(C3CC3)no2)C1. The summed E-state index contributed by atoms with van der Waals surface area (Å²) < 4.78 is 5.17. The largest absolute Gasteiger partial charge is 0.356 e. The van der Waals surface area contributed by atoms with E-state index in [0.29, 0.717) is 30.8 Å². The van der Waals surface area contributed by atoms with Gasteiger partial charge in [0.1, 0.15) is 0 Å². The molecular weight excluding hydrogens is 322 g/mol. The zero-order valence-electron chi connectivity index (χ0n) is 15.0. The third kappa shape index (κ3) is 4.93. The van der Waals surface area contributed by atoms with Crippen molar-refractivity contribution in [3.63, 3.8) is 0 Å². The highest BCUT2D eigenvalue weighted by Crippen LogP contribution is 2.38. The van der Waals surface area contributed by atoms with Gasteiger partial charge in [-0.2, -0.15) is 4.98 Å². The molecule has 3 amide bonds. The second kappa shape index (κ2) is 7.84. The molecule has 2 aliphatic rings. The number of hydrogen-bond donors (Lipinski definition) is 2. The molecule has 1 aliphatic heterocycles. The van der Waals surface area contributed by atoms with Gasteiger partial charge < -0.3 is 20.1 Å². The molecule has 2 fully saturated rings. The Bertz CT molecular complexity index is 611. The van der Waals surface area contributed by atoms with Crippen molar-refractivity contribution in [3.05, 3.63) is 11.7 Å². The average molecular weight is 349 g/mol. The van der Waals surface area contributed by atoms with Crippen LogP contribution in [0.15, 0.2) is 4.52 Å². The lowest BCUT2D eigenvalue weighted by Crippen LogP contribution is -2.47. The first-order chi connectivity index (χ1) is 12.0. The lowest BCUT2D eigenvalue weighted by Gasteiger charge is -2.32. The first kappa shape index (κ1) is 17.7. The molecule has 1 aromatic rings. The quantitative estimate of drug-likeness (QED) is 0.813. The number of likely N-dealkylation sites (tertiary alicyclic amines) is 1. The summed E-state index contributed by atoms with van der Waals surface area (Å²) in [4.78, 5) is 30.2. The van der Waals surface area contributed by atoms with Gasteiger partial charge in [0.25, 0.3) is 0 Å². The Hall–Kier alpha value is -2.12. The second-order valence-electron chi connectivity index (χ2n) is 7.33. The summed E-state index contributed by atoms with van der Waals surface area (Å²) >= 11 is 0. The molecule has 2 heterocycles. The minimum absolute atomic E-state index is 0.0158. The second-order valence-corrected chi connectivity index (χ2v) is 7.33. The van der Waals surface area contributed by atoms with Crippen LogP contribution in [0.1, 0.15) is 57.2 Å². The summed E-state index contributed by atoms with van der Waals surface area (Å²) in [6, 6.07) is -0.119. The Morgan fingerprint density at radius 2 is 2.08 bits per heavy atom. The summed E-state index contributed by atoms with van der Waals surface area (Å²) in [6.07, 6.45) is 4.21. The maximum atomic E-state index is 12.4. The van der Waals surface area contributed by atoms with Crippen LogP contribution in [-0.4, -0.2) is 46.6 Å². The summed E-state index contributed by atoms with van der Waals surface area (Å²) in [5.41, 5.74) is 0. The van der Waals surface area contributed by atoms with Crippen molar-refractivity contribution in [1.29, 1.82) is 0 Å². The number of carbonyl (C=O) groups excluding carboxylic acids is 2. The highest BCUT2D eigenvalue weighted by Gasteiger charge is 2.29. The highest BCUT2D eigenvalue weighted by molar-refractivity contribution is 5.77. The summed E-state index contributed by atoms with van der Waals surface area (Å²) in [7, 11) is 0. The number of aromatic nitrogens is 2. The minimum Gasteiger partial charge on any atom is -0.356 e. The van der Waals surface area contributed by atoms with Crippen LogP contribution in [0.3, 0.4) is 0 Å². The van der Waals surface area contributed by atoms with Crippen molar-refractivity contribution < 1.29 is 14.1 Å². The van der Waals surface area contributed by atoms with E-state index in [0.717, 1.165) is 38.1 Å². The average Bonchev–Trinajstić information content (AvgIpc) is 3.36. The number of hydrogen-bond acceptors (Lipinski definition) is 5. The summed E-state index contributed by atoms with van der Waals surface area (Å²) in [5, 5.41) is 9.75. The molecule has 138 valence electrons. The van der Waals surface area contributed by atoms with Gasteiger partial charge in [0.2, 0.25) is 11.8 Å². The number of piperidine rings is 1. The van der Waals surface area contributed by atoms with Gasteiger partial charge in [-0.25, -0.2) is 4.79 Å². The normalized spacial score (nSPS) is 20.6. The van der Waals surface area contributed by atoms with Crippen molar-refractivity contribution in [2.45, 2.75) is 52.0 Å². The van der Waals surface area contributed by atoms with Crippen molar-refractivity contribution in [2.75, 3.05) is 19.6 Å². The summed E-state index contributed by atoms with van der Waals surface area (Å²) in [6.45, 7) is 6.02. The Balaban J connectivity index is 1.42. The van der Waals surface area contributed by atoms with E-state index in [4.69, 9.17) is 4.52 Å². The van der Waals surface area contributed by atoms with E-state index in [1.54, 1.807) is 4.90 Å². The lowest BCUT2D eigenvalue weighted by molar-refractivity contribution is -0.124. The number of rotatable bonds is 6. The Morgan fingerprint density at radius 3 is 2.80 bits per heavy atom. The molecule has 8 heteroatoms. The molecule has 1 aromatic heterocycles. The lowest BCUT2D eigenvalue weighted by atomic mass is 9.98. The topological polar surface area (TPSA) is 100 Å². The van der Waals surface area contributed by atoms with Gasteiger partial charge in [-0.1, -0.05) is 19.0 Å². The fourth-order valence-electron chi connectivity index (χ4n) is 2.98. The monoisotopic (exact) mass is 349 g/mol. The van der Waals surface area contributed by atoms with E-state index >= 15 is 0 Å². The van der Waals surface area contributed by atoms with E-state index < -0.39 is 0 Å². The molecule has 1 aliphatic carbocycles. The van der Waals surface area contributed by atoms with Gasteiger partial charge in [0, 0.05) is 31.5 Å². The number of amides is 3. The molecule has 0 radical (unpaired) electrons. The van der Waals surface area contributed by atoms with E-state index in [1.165, 1.54) is 0 Å².